The van der Waals surface area contributed by atoms with Crippen molar-refractivity contribution in [2.24, 2.45) is 5.41 Å². The second-order valence-corrected chi connectivity index (χ2v) is 8.32. The van der Waals surface area contributed by atoms with E-state index in [-0.39, 0.29) is 11.2 Å². The quantitative estimate of drug-likeness (QED) is 0.561. The molecule has 0 unspecified atom stereocenters. The normalized spacial score (nSPS) is 15.1. The summed E-state index contributed by atoms with van der Waals surface area (Å²) in [6.45, 7) is 6.94. The van der Waals surface area contributed by atoms with Crippen LogP contribution in [-0.2, 0) is 6.42 Å². The van der Waals surface area contributed by atoms with Crippen LogP contribution in [0.25, 0.3) is 16.9 Å². The molecule has 0 radical (unpaired) electrons. The minimum atomic E-state index is -0.0529. The van der Waals surface area contributed by atoms with E-state index in [1.54, 1.807) is 7.11 Å². The van der Waals surface area contributed by atoms with E-state index in [1.807, 2.05) is 49.4 Å². The zero-order valence-corrected chi connectivity index (χ0v) is 17.5. The Morgan fingerprint density at radius 1 is 0.966 bits per heavy atom. The van der Waals surface area contributed by atoms with Gasteiger partial charge in [0, 0.05) is 23.4 Å². The van der Waals surface area contributed by atoms with Crippen molar-refractivity contribution in [2.75, 3.05) is 13.7 Å². The maximum absolute atomic E-state index is 12.9. The summed E-state index contributed by atoms with van der Waals surface area (Å²) in [7, 11) is 1.66. The number of ether oxygens (including phenoxy) is 2. The first-order chi connectivity index (χ1) is 13.9. The number of benzene rings is 2. The summed E-state index contributed by atoms with van der Waals surface area (Å²) in [4.78, 5) is 12.9. The number of rotatable bonds is 5. The lowest BCUT2D eigenvalue weighted by Crippen LogP contribution is -2.27. The van der Waals surface area contributed by atoms with Gasteiger partial charge in [-0.25, -0.2) is 0 Å². The van der Waals surface area contributed by atoms with E-state index < -0.39 is 0 Å². The van der Waals surface area contributed by atoms with Gasteiger partial charge in [-0.05, 0) is 78.9 Å². The van der Waals surface area contributed by atoms with Crippen LogP contribution in [-0.4, -0.2) is 24.1 Å². The van der Waals surface area contributed by atoms with E-state index in [9.17, 15) is 4.79 Å². The van der Waals surface area contributed by atoms with Crippen LogP contribution in [0.1, 0.15) is 43.2 Å². The number of hydrogen-bond acceptors (Lipinski definition) is 3. The lowest BCUT2D eigenvalue weighted by atomic mass is 9.76. The molecule has 1 aliphatic carbocycles. The molecule has 3 aromatic rings. The van der Waals surface area contributed by atoms with Crippen LogP contribution < -0.4 is 9.47 Å². The number of fused-ring (bicyclic) bond motifs is 1. The highest BCUT2D eigenvalue weighted by atomic mass is 16.5. The topological polar surface area (TPSA) is 40.5 Å². The van der Waals surface area contributed by atoms with Gasteiger partial charge in [-0.15, -0.1) is 0 Å². The molecule has 1 heterocycles. The van der Waals surface area contributed by atoms with E-state index in [0.29, 0.717) is 13.0 Å². The van der Waals surface area contributed by atoms with Gasteiger partial charge >= 0.3 is 0 Å². The highest BCUT2D eigenvalue weighted by molar-refractivity contribution is 6.00. The van der Waals surface area contributed by atoms with Gasteiger partial charge < -0.3 is 14.0 Å². The Morgan fingerprint density at radius 3 is 2.24 bits per heavy atom. The fourth-order valence-electron chi connectivity index (χ4n) is 4.14. The molecule has 0 N–H and O–H groups in total. The van der Waals surface area contributed by atoms with Gasteiger partial charge in [0.1, 0.15) is 11.5 Å². The third-order valence-electron chi connectivity index (χ3n) is 5.48. The highest BCUT2D eigenvalue weighted by Crippen LogP contribution is 2.40. The molecule has 1 aliphatic rings. The van der Waals surface area contributed by atoms with Crippen molar-refractivity contribution in [3.05, 3.63) is 65.9 Å². The molecule has 0 saturated heterocycles. The third-order valence-corrected chi connectivity index (χ3v) is 5.48. The van der Waals surface area contributed by atoms with Gasteiger partial charge in [0.05, 0.1) is 19.4 Å². The molecular formula is C25H27NO3. The fraction of sp³-hybridized carbons (Fsp3) is 0.320. The van der Waals surface area contributed by atoms with E-state index in [1.165, 1.54) is 0 Å². The van der Waals surface area contributed by atoms with Gasteiger partial charge in [0.2, 0.25) is 0 Å². The number of methoxy groups -OCH3 is 1. The summed E-state index contributed by atoms with van der Waals surface area (Å²) in [6, 6.07) is 18.1. The summed E-state index contributed by atoms with van der Waals surface area (Å²) in [6.07, 6.45) is 1.44. The molecule has 0 amide bonds. The van der Waals surface area contributed by atoms with Crippen LogP contribution in [0.2, 0.25) is 0 Å². The number of aromatic nitrogens is 1. The van der Waals surface area contributed by atoms with Crippen molar-refractivity contribution < 1.29 is 14.3 Å². The lowest BCUT2D eigenvalue weighted by Gasteiger charge is -2.30. The SMILES string of the molecule is CCOc1ccc(-n2c(-c3ccc(OC)cc3)cc3c2CC(C)(C)CC3=O)cc1. The Balaban J connectivity index is 1.89. The number of carbonyl (C=O) groups excluding carboxylic acids is 1. The van der Waals surface area contributed by atoms with Crippen molar-refractivity contribution in [1.29, 1.82) is 0 Å². The number of nitrogens with zero attached hydrogens (tertiary/aromatic N) is 1. The van der Waals surface area contributed by atoms with Gasteiger partial charge in [-0.3, -0.25) is 4.79 Å². The van der Waals surface area contributed by atoms with E-state index in [0.717, 1.165) is 46.1 Å². The van der Waals surface area contributed by atoms with Crippen LogP contribution in [0, 0.1) is 5.41 Å². The largest absolute Gasteiger partial charge is 0.497 e. The smallest absolute Gasteiger partial charge is 0.165 e. The molecule has 4 heteroatoms. The molecule has 0 saturated carbocycles. The minimum absolute atomic E-state index is 0.0529. The van der Waals surface area contributed by atoms with Crippen molar-refractivity contribution in [1.82, 2.24) is 4.57 Å². The fourth-order valence-corrected chi connectivity index (χ4v) is 4.14. The molecule has 29 heavy (non-hydrogen) atoms. The Hall–Kier alpha value is -3.01. The zero-order valence-electron chi connectivity index (χ0n) is 17.5. The summed E-state index contributed by atoms with van der Waals surface area (Å²) >= 11 is 0. The molecule has 0 spiro atoms. The average Bonchev–Trinajstić information content (AvgIpc) is 3.07. The maximum atomic E-state index is 12.9. The number of Topliss-reactive ketones (excluding diaryl/α,β-unsaturated/α-hetero) is 1. The first-order valence-corrected chi connectivity index (χ1v) is 10.1. The maximum Gasteiger partial charge on any atom is 0.165 e. The molecule has 0 aliphatic heterocycles. The second-order valence-electron chi connectivity index (χ2n) is 8.32. The van der Waals surface area contributed by atoms with Crippen LogP contribution in [0.5, 0.6) is 11.5 Å². The standard InChI is InChI=1S/C25H27NO3/c1-5-29-20-12-8-18(9-13-20)26-22(17-6-10-19(28-4)11-7-17)14-21-23(26)15-25(2,3)16-24(21)27/h6-14H,5,15-16H2,1-4H3. The predicted molar refractivity (Wildman–Crippen MR) is 115 cm³/mol. The monoisotopic (exact) mass is 389 g/mol. The molecule has 4 nitrogen and oxygen atoms in total. The Kier molecular flexibility index (Phi) is 4.95. The first kappa shape index (κ1) is 19.3. The predicted octanol–water partition coefficient (Wildman–Crippen LogP) is 5.71. The number of carbonyl (C=O) groups is 1. The summed E-state index contributed by atoms with van der Waals surface area (Å²) in [5.41, 5.74) is 4.98. The molecule has 0 bridgehead atoms. The summed E-state index contributed by atoms with van der Waals surface area (Å²) < 4.78 is 13.1. The number of hydrogen-bond donors (Lipinski definition) is 0. The van der Waals surface area contributed by atoms with Crippen molar-refractivity contribution in [2.45, 2.75) is 33.6 Å². The van der Waals surface area contributed by atoms with Crippen molar-refractivity contribution in [3.8, 4) is 28.4 Å². The van der Waals surface area contributed by atoms with Gasteiger partial charge in [0.15, 0.2) is 5.78 Å². The van der Waals surface area contributed by atoms with Crippen LogP contribution in [0.3, 0.4) is 0 Å². The minimum Gasteiger partial charge on any atom is -0.497 e. The number of ketones is 1. The van der Waals surface area contributed by atoms with Crippen LogP contribution in [0.15, 0.2) is 54.6 Å². The first-order valence-electron chi connectivity index (χ1n) is 10.1. The molecular weight excluding hydrogens is 362 g/mol. The molecule has 2 aromatic carbocycles. The zero-order chi connectivity index (χ0) is 20.6. The molecule has 0 fully saturated rings. The van der Waals surface area contributed by atoms with Crippen molar-refractivity contribution >= 4 is 5.78 Å². The van der Waals surface area contributed by atoms with Gasteiger partial charge in [-0.1, -0.05) is 13.8 Å². The summed E-state index contributed by atoms with van der Waals surface area (Å²) in [5.74, 6) is 1.88. The van der Waals surface area contributed by atoms with Crippen LogP contribution >= 0.6 is 0 Å². The summed E-state index contributed by atoms with van der Waals surface area (Å²) in [5, 5.41) is 0. The van der Waals surface area contributed by atoms with E-state index in [4.69, 9.17) is 9.47 Å². The molecule has 0 atom stereocenters. The second kappa shape index (κ2) is 7.43. The molecule has 1 aromatic heterocycles. The van der Waals surface area contributed by atoms with Crippen LogP contribution in [0.4, 0.5) is 0 Å². The lowest BCUT2D eigenvalue weighted by molar-refractivity contribution is 0.0911. The third kappa shape index (κ3) is 3.67. The van der Waals surface area contributed by atoms with E-state index >= 15 is 0 Å². The Morgan fingerprint density at radius 2 is 1.62 bits per heavy atom. The molecule has 150 valence electrons. The van der Waals surface area contributed by atoms with Crippen molar-refractivity contribution in [3.63, 3.8) is 0 Å². The molecule has 4 rings (SSSR count). The Bertz CT molecular complexity index is 1030. The van der Waals surface area contributed by atoms with Gasteiger partial charge in [0.25, 0.3) is 0 Å². The average molecular weight is 389 g/mol. The van der Waals surface area contributed by atoms with E-state index in [2.05, 4.69) is 30.5 Å². The van der Waals surface area contributed by atoms with Gasteiger partial charge in [-0.2, -0.15) is 0 Å². The highest BCUT2D eigenvalue weighted by Gasteiger charge is 2.35. The Labute approximate surface area is 172 Å².